The molecule has 1 atom stereocenters. The summed E-state index contributed by atoms with van der Waals surface area (Å²) in [5.74, 6) is 0.844. The van der Waals surface area contributed by atoms with Crippen molar-refractivity contribution in [3.63, 3.8) is 0 Å². The summed E-state index contributed by atoms with van der Waals surface area (Å²) >= 11 is 0. The average Bonchev–Trinajstić information content (AvgIpc) is 3.11. The van der Waals surface area contributed by atoms with Crippen LogP contribution in [0.5, 0.6) is 0 Å². The Bertz CT molecular complexity index is 907. The molecular weight excluding hydrogens is 318 g/mol. The topological polar surface area (TPSA) is 114 Å². The highest BCUT2D eigenvalue weighted by atomic mass is 16.2. The largest absolute Gasteiger partial charge is 0.382 e. The van der Waals surface area contributed by atoms with Gasteiger partial charge in [0.05, 0.1) is 5.69 Å². The van der Waals surface area contributed by atoms with Crippen molar-refractivity contribution in [2.75, 3.05) is 18.8 Å². The summed E-state index contributed by atoms with van der Waals surface area (Å²) in [6.07, 6.45) is 6.02. The van der Waals surface area contributed by atoms with Crippen molar-refractivity contribution in [2.45, 2.75) is 19.3 Å². The summed E-state index contributed by atoms with van der Waals surface area (Å²) in [4.78, 5) is 23.2. The zero-order valence-corrected chi connectivity index (χ0v) is 13.7. The zero-order chi connectivity index (χ0) is 17.2. The number of anilines is 1. The van der Waals surface area contributed by atoms with Gasteiger partial charge in [-0.15, -0.1) is 0 Å². The van der Waals surface area contributed by atoms with E-state index >= 15 is 0 Å². The van der Waals surface area contributed by atoms with Crippen LogP contribution >= 0.6 is 0 Å². The van der Waals surface area contributed by atoms with Crippen LogP contribution in [-0.4, -0.2) is 49.3 Å². The minimum Gasteiger partial charge on any atom is -0.382 e. The van der Waals surface area contributed by atoms with Gasteiger partial charge in [0.1, 0.15) is 16.9 Å². The molecule has 0 radical (unpaired) electrons. The SMILES string of the molecule is Nc1nccnc1C[C@@H]1CCCN(C(=O)c2ccc3n[nH]nc3c2)C1. The Hall–Kier alpha value is -3.03. The summed E-state index contributed by atoms with van der Waals surface area (Å²) in [6.45, 7) is 1.47. The van der Waals surface area contributed by atoms with Crippen LogP contribution in [-0.2, 0) is 6.42 Å². The minimum absolute atomic E-state index is 0.0294. The Balaban J connectivity index is 1.48. The van der Waals surface area contributed by atoms with Gasteiger partial charge in [0.15, 0.2) is 0 Å². The molecular formula is C17H19N7O. The van der Waals surface area contributed by atoms with Crippen LogP contribution in [0.4, 0.5) is 5.82 Å². The highest BCUT2D eigenvalue weighted by Crippen LogP contribution is 2.23. The first-order chi connectivity index (χ1) is 12.2. The van der Waals surface area contributed by atoms with Crippen molar-refractivity contribution >= 4 is 22.8 Å². The number of piperidine rings is 1. The maximum absolute atomic E-state index is 12.8. The first kappa shape index (κ1) is 15.5. The van der Waals surface area contributed by atoms with Crippen LogP contribution < -0.4 is 5.73 Å². The van der Waals surface area contributed by atoms with Crippen molar-refractivity contribution < 1.29 is 4.79 Å². The summed E-state index contributed by atoms with van der Waals surface area (Å²) in [7, 11) is 0. The number of carbonyl (C=O) groups is 1. The van der Waals surface area contributed by atoms with Crippen LogP contribution in [0.2, 0.25) is 0 Å². The van der Waals surface area contributed by atoms with Crippen LogP contribution in [0.15, 0.2) is 30.6 Å². The van der Waals surface area contributed by atoms with E-state index in [2.05, 4.69) is 25.4 Å². The van der Waals surface area contributed by atoms with Crippen molar-refractivity contribution in [2.24, 2.45) is 5.92 Å². The molecule has 3 N–H and O–H groups in total. The van der Waals surface area contributed by atoms with E-state index in [-0.39, 0.29) is 5.91 Å². The lowest BCUT2D eigenvalue weighted by molar-refractivity contribution is 0.0673. The number of aromatic amines is 1. The van der Waals surface area contributed by atoms with E-state index < -0.39 is 0 Å². The Morgan fingerprint density at radius 3 is 2.96 bits per heavy atom. The number of nitrogens with two attached hydrogens (primary N) is 1. The monoisotopic (exact) mass is 337 g/mol. The summed E-state index contributed by atoms with van der Waals surface area (Å²) in [5, 5.41) is 10.6. The van der Waals surface area contributed by atoms with E-state index in [0.717, 1.165) is 37.0 Å². The van der Waals surface area contributed by atoms with Gasteiger partial charge in [-0.1, -0.05) is 0 Å². The number of amides is 1. The third-order valence-corrected chi connectivity index (χ3v) is 4.66. The first-order valence-electron chi connectivity index (χ1n) is 8.36. The fraction of sp³-hybridized carbons (Fsp3) is 0.353. The second kappa shape index (κ2) is 6.46. The molecule has 25 heavy (non-hydrogen) atoms. The molecule has 4 rings (SSSR count). The minimum atomic E-state index is 0.0294. The second-order valence-electron chi connectivity index (χ2n) is 6.38. The van der Waals surface area contributed by atoms with E-state index in [4.69, 9.17) is 5.73 Å². The molecule has 1 amide bonds. The number of nitrogens with zero attached hydrogens (tertiary/aromatic N) is 5. The van der Waals surface area contributed by atoms with Gasteiger partial charge in [-0.3, -0.25) is 9.78 Å². The molecule has 1 aliphatic rings. The Morgan fingerprint density at radius 1 is 1.24 bits per heavy atom. The lowest BCUT2D eigenvalue weighted by atomic mass is 9.92. The quantitative estimate of drug-likeness (QED) is 0.747. The van der Waals surface area contributed by atoms with Gasteiger partial charge in [-0.25, -0.2) is 4.98 Å². The van der Waals surface area contributed by atoms with Gasteiger partial charge >= 0.3 is 0 Å². The van der Waals surface area contributed by atoms with E-state index in [0.29, 0.717) is 29.4 Å². The number of nitrogens with one attached hydrogen (secondary N) is 1. The van der Waals surface area contributed by atoms with E-state index in [1.165, 1.54) is 0 Å². The molecule has 1 fully saturated rings. The molecule has 2 aromatic heterocycles. The summed E-state index contributed by atoms with van der Waals surface area (Å²) < 4.78 is 0. The molecule has 3 heterocycles. The standard InChI is InChI=1S/C17H19N7O/c18-16-15(19-5-6-20-16)8-11-2-1-7-24(10-11)17(25)12-3-4-13-14(9-12)22-23-21-13/h3-6,9,11H,1-2,7-8,10H2,(H2,18,20)(H,21,22,23)/t11-/m0/s1. The lowest BCUT2D eigenvalue weighted by Crippen LogP contribution is -2.40. The van der Waals surface area contributed by atoms with Gasteiger partial charge < -0.3 is 10.6 Å². The second-order valence-corrected chi connectivity index (χ2v) is 6.38. The smallest absolute Gasteiger partial charge is 0.253 e. The predicted octanol–water partition coefficient (Wildman–Crippen LogP) is 1.42. The fourth-order valence-corrected chi connectivity index (χ4v) is 3.38. The third kappa shape index (κ3) is 3.15. The van der Waals surface area contributed by atoms with Crippen LogP contribution in [0.3, 0.4) is 0 Å². The molecule has 128 valence electrons. The number of aromatic nitrogens is 5. The molecule has 8 nitrogen and oxygen atoms in total. The van der Waals surface area contributed by atoms with Crippen LogP contribution in [0.1, 0.15) is 28.9 Å². The molecule has 1 aliphatic heterocycles. The predicted molar refractivity (Wildman–Crippen MR) is 92.7 cm³/mol. The molecule has 8 heteroatoms. The molecule has 0 saturated carbocycles. The van der Waals surface area contributed by atoms with E-state index in [1.54, 1.807) is 24.5 Å². The summed E-state index contributed by atoms with van der Waals surface area (Å²) in [5.41, 5.74) is 8.80. The molecule has 0 unspecified atom stereocenters. The number of nitrogen functional groups attached to an aromatic ring is 1. The number of rotatable bonds is 3. The Morgan fingerprint density at radius 2 is 2.08 bits per heavy atom. The Kier molecular flexibility index (Phi) is 4.01. The fourth-order valence-electron chi connectivity index (χ4n) is 3.38. The normalized spacial score (nSPS) is 17.8. The highest BCUT2D eigenvalue weighted by molar-refractivity contribution is 5.97. The maximum atomic E-state index is 12.8. The molecule has 0 spiro atoms. The van der Waals surface area contributed by atoms with Gasteiger partial charge in [0.25, 0.3) is 5.91 Å². The van der Waals surface area contributed by atoms with E-state index in [1.807, 2.05) is 11.0 Å². The van der Waals surface area contributed by atoms with Crippen molar-refractivity contribution in [3.05, 3.63) is 41.9 Å². The summed E-state index contributed by atoms with van der Waals surface area (Å²) in [6, 6.07) is 5.40. The van der Waals surface area contributed by atoms with Crippen molar-refractivity contribution in [3.8, 4) is 0 Å². The maximum Gasteiger partial charge on any atom is 0.253 e. The molecule has 0 aliphatic carbocycles. The van der Waals surface area contributed by atoms with Crippen LogP contribution in [0, 0.1) is 5.92 Å². The number of hydrogen-bond donors (Lipinski definition) is 2. The lowest BCUT2D eigenvalue weighted by Gasteiger charge is -2.32. The van der Waals surface area contributed by atoms with Gasteiger partial charge in [-0.05, 0) is 43.4 Å². The van der Waals surface area contributed by atoms with Crippen molar-refractivity contribution in [1.29, 1.82) is 0 Å². The molecule has 3 aromatic rings. The molecule has 0 bridgehead atoms. The molecule has 1 aromatic carbocycles. The highest BCUT2D eigenvalue weighted by Gasteiger charge is 2.25. The third-order valence-electron chi connectivity index (χ3n) is 4.66. The number of hydrogen-bond acceptors (Lipinski definition) is 6. The van der Waals surface area contributed by atoms with Gasteiger partial charge in [-0.2, -0.15) is 15.4 Å². The zero-order valence-electron chi connectivity index (χ0n) is 13.7. The number of fused-ring (bicyclic) bond motifs is 1. The van der Waals surface area contributed by atoms with E-state index in [9.17, 15) is 4.79 Å². The van der Waals surface area contributed by atoms with Crippen molar-refractivity contribution in [1.82, 2.24) is 30.3 Å². The van der Waals surface area contributed by atoms with Gasteiger partial charge in [0.2, 0.25) is 0 Å². The molecule has 1 saturated heterocycles. The van der Waals surface area contributed by atoms with Gasteiger partial charge in [0, 0.05) is 31.0 Å². The number of likely N-dealkylation sites (tertiary alicyclic amines) is 1. The number of H-pyrrole nitrogens is 1. The van der Waals surface area contributed by atoms with Crippen LogP contribution in [0.25, 0.3) is 11.0 Å². The number of benzene rings is 1. The average molecular weight is 337 g/mol. The number of carbonyl (C=O) groups excluding carboxylic acids is 1. The first-order valence-corrected chi connectivity index (χ1v) is 8.36. The Labute approximate surface area is 144 Å².